The van der Waals surface area contributed by atoms with Gasteiger partial charge in [-0.05, 0) is 43.5 Å². The van der Waals surface area contributed by atoms with Crippen molar-refractivity contribution >= 4 is 17.5 Å². The van der Waals surface area contributed by atoms with Gasteiger partial charge < -0.3 is 14.6 Å². The second kappa shape index (κ2) is 8.26. The van der Waals surface area contributed by atoms with Crippen molar-refractivity contribution in [1.29, 1.82) is 0 Å². The highest BCUT2D eigenvalue weighted by Crippen LogP contribution is 2.19. The summed E-state index contributed by atoms with van der Waals surface area (Å²) >= 11 is 5.86. The summed E-state index contributed by atoms with van der Waals surface area (Å²) in [6.07, 6.45) is 4.18. The van der Waals surface area contributed by atoms with E-state index in [0.29, 0.717) is 36.1 Å². The lowest BCUT2D eigenvalue weighted by Crippen LogP contribution is -2.26. The molecule has 1 N–H and O–H groups in total. The fraction of sp³-hybridized carbons (Fsp3) is 0.471. The summed E-state index contributed by atoms with van der Waals surface area (Å²) in [5.74, 6) is 1.05. The van der Waals surface area contributed by atoms with Gasteiger partial charge in [0.25, 0.3) is 0 Å². The van der Waals surface area contributed by atoms with E-state index in [1.165, 1.54) is 0 Å². The van der Waals surface area contributed by atoms with Crippen LogP contribution in [0.5, 0.6) is 0 Å². The Balaban J connectivity index is 1.40. The van der Waals surface area contributed by atoms with Gasteiger partial charge in [-0.15, -0.1) is 0 Å². The van der Waals surface area contributed by atoms with E-state index in [1.54, 1.807) is 12.1 Å². The molecule has 7 heteroatoms. The third kappa shape index (κ3) is 4.79. The largest absolute Gasteiger partial charge is 0.378 e. The summed E-state index contributed by atoms with van der Waals surface area (Å²) in [6, 6.07) is 7.23. The Labute approximate surface area is 145 Å². The molecule has 1 aromatic carbocycles. The molecule has 0 spiro atoms. The molecule has 0 aliphatic carbocycles. The fourth-order valence-corrected chi connectivity index (χ4v) is 2.76. The minimum Gasteiger partial charge on any atom is -0.378 e. The second-order valence-electron chi connectivity index (χ2n) is 5.79. The summed E-state index contributed by atoms with van der Waals surface area (Å²) in [6.45, 7) is 1.30. The van der Waals surface area contributed by atoms with Crippen LogP contribution in [0.4, 0.5) is 0 Å². The fourth-order valence-electron chi connectivity index (χ4n) is 2.63. The predicted octanol–water partition coefficient (Wildman–Crippen LogP) is 3.01. The lowest BCUT2D eigenvalue weighted by Gasteiger charge is -2.08. The molecule has 2 heterocycles. The maximum absolute atomic E-state index is 11.8. The normalized spacial score (nSPS) is 17.1. The van der Waals surface area contributed by atoms with Gasteiger partial charge in [0.05, 0.1) is 6.10 Å². The highest BCUT2D eigenvalue weighted by atomic mass is 35.5. The average Bonchev–Trinajstić information content (AvgIpc) is 3.25. The first-order valence-electron chi connectivity index (χ1n) is 8.17. The number of nitrogens with zero attached hydrogens (tertiary/aromatic N) is 2. The van der Waals surface area contributed by atoms with Crippen molar-refractivity contribution in [2.45, 2.75) is 38.2 Å². The van der Waals surface area contributed by atoms with Crippen LogP contribution in [-0.2, 0) is 16.0 Å². The van der Waals surface area contributed by atoms with E-state index in [2.05, 4.69) is 15.5 Å². The van der Waals surface area contributed by atoms with Gasteiger partial charge in [-0.25, -0.2) is 0 Å². The number of carbonyl (C=O) groups excluding carboxylic acids is 1. The van der Waals surface area contributed by atoms with E-state index < -0.39 is 0 Å². The molecule has 1 amide bonds. The molecule has 24 heavy (non-hydrogen) atoms. The third-order valence-electron chi connectivity index (χ3n) is 3.95. The van der Waals surface area contributed by atoms with Crippen molar-refractivity contribution in [2.24, 2.45) is 0 Å². The number of ether oxygens (including phenoxy) is 1. The average molecular weight is 350 g/mol. The number of nitrogens with one attached hydrogen (secondary N) is 1. The number of aromatic nitrogens is 2. The van der Waals surface area contributed by atoms with E-state index in [1.807, 2.05) is 12.1 Å². The molecule has 0 saturated carbocycles. The van der Waals surface area contributed by atoms with Gasteiger partial charge in [-0.1, -0.05) is 16.8 Å². The summed E-state index contributed by atoms with van der Waals surface area (Å²) in [5.41, 5.74) is 0.843. The van der Waals surface area contributed by atoms with E-state index in [0.717, 1.165) is 31.4 Å². The highest BCUT2D eigenvalue weighted by molar-refractivity contribution is 6.30. The molecule has 128 valence electrons. The first-order chi connectivity index (χ1) is 11.7. The van der Waals surface area contributed by atoms with Crippen molar-refractivity contribution in [3.63, 3.8) is 0 Å². The Morgan fingerprint density at radius 2 is 2.17 bits per heavy atom. The molecule has 1 atom stereocenters. The first-order valence-corrected chi connectivity index (χ1v) is 8.55. The standard InChI is InChI=1S/C17H20ClN3O3/c18-13-5-3-12(4-6-13)17-20-16(24-21-17)9-10-19-15(22)8-7-14-2-1-11-23-14/h3-6,14H,1-2,7-11H2,(H,19,22). The van der Waals surface area contributed by atoms with Gasteiger partial charge in [0.1, 0.15) is 0 Å². The molecule has 1 aromatic heterocycles. The molecule has 1 aliphatic heterocycles. The van der Waals surface area contributed by atoms with Crippen LogP contribution in [0, 0.1) is 0 Å². The Morgan fingerprint density at radius 3 is 2.92 bits per heavy atom. The Hall–Kier alpha value is -1.92. The van der Waals surface area contributed by atoms with Crippen molar-refractivity contribution in [1.82, 2.24) is 15.5 Å². The molecule has 1 fully saturated rings. The summed E-state index contributed by atoms with van der Waals surface area (Å²) in [5, 5.41) is 7.48. The van der Waals surface area contributed by atoms with Crippen molar-refractivity contribution in [2.75, 3.05) is 13.2 Å². The molecule has 1 aliphatic rings. The molecule has 6 nitrogen and oxygen atoms in total. The Morgan fingerprint density at radius 1 is 1.33 bits per heavy atom. The monoisotopic (exact) mass is 349 g/mol. The smallest absolute Gasteiger partial charge is 0.228 e. The second-order valence-corrected chi connectivity index (χ2v) is 6.23. The van der Waals surface area contributed by atoms with Gasteiger partial charge in [-0.2, -0.15) is 4.98 Å². The van der Waals surface area contributed by atoms with Crippen molar-refractivity contribution in [3.05, 3.63) is 35.2 Å². The van der Waals surface area contributed by atoms with Gasteiger partial charge in [0.15, 0.2) is 0 Å². The molecular weight excluding hydrogens is 330 g/mol. The molecule has 0 radical (unpaired) electrons. The number of hydrogen-bond acceptors (Lipinski definition) is 5. The molecule has 1 saturated heterocycles. The minimum absolute atomic E-state index is 0.0305. The van der Waals surface area contributed by atoms with E-state index in [9.17, 15) is 4.79 Å². The SMILES string of the molecule is O=C(CCC1CCCO1)NCCc1nc(-c2ccc(Cl)cc2)no1. The maximum atomic E-state index is 11.8. The van der Waals surface area contributed by atoms with E-state index in [-0.39, 0.29) is 12.0 Å². The van der Waals surface area contributed by atoms with E-state index in [4.69, 9.17) is 20.9 Å². The number of rotatable bonds is 7. The zero-order valence-corrected chi connectivity index (χ0v) is 14.1. The van der Waals surface area contributed by atoms with Crippen LogP contribution in [0.2, 0.25) is 5.02 Å². The van der Waals surface area contributed by atoms with Crippen LogP contribution in [0.1, 0.15) is 31.6 Å². The Kier molecular flexibility index (Phi) is 5.82. The molecule has 1 unspecified atom stereocenters. The zero-order valence-electron chi connectivity index (χ0n) is 13.3. The number of amides is 1. The highest BCUT2D eigenvalue weighted by Gasteiger charge is 2.16. The van der Waals surface area contributed by atoms with Gasteiger partial charge >= 0.3 is 0 Å². The lowest BCUT2D eigenvalue weighted by atomic mass is 10.1. The number of hydrogen-bond donors (Lipinski definition) is 1. The van der Waals surface area contributed by atoms with Crippen LogP contribution in [-0.4, -0.2) is 35.3 Å². The third-order valence-corrected chi connectivity index (χ3v) is 4.20. The van der Waals surface area contributed by atoms with Crippen LogP contribution >= 0.6 is 11.6 Å². The molecule has 3 rings (SSSR count). The number of benzene rings is 1. The quantitative estimate of drug-likeness (QED) is 0.831. The van der Waals surface area contributed by atoms with Gasteiger partial charge in [-0.3, -0.25) is 4.79 Å². The van der Waals surface area contributed by atoms with Crippen LogP contribution in [0.15, 0.2) is 28.8 Å². The molecular formula is C17H20ClN3O3. The zero-order chi connectivity index (χ0) is 16.8. The molecule has 2 aromatic rings. The van der Waals surface area contributed by atoms with Gasteiger partial charge in [0.2, 0.25) is 17.6 Å². The minimum atomic E-state index is 0.0305. The maximum Gasteiger partial charge on any atom is 0.228 e. The van der Waals surface area contributed by atoms with Gasteiger partial charge in [0, 0.05) is 36.6 Å². The van der Waals surface area contributed by atoms with Crippen LogP contribution in [0.25, 0.3) is 11.4 Å². The first kappa shape index (κ1) is 16.9. The topological polar surface area (TPSA) is 77.2 Å². The van der Waals surface area contributed by atoms with Crippen molar-refractivity contribution < 1.29 is 14.1 Å². The number of halogens is 1. The lowest BCUT2D eigenvalue weighted by molar-refractivity contribution is -0.121. The van der Waals surface area contributed by atoms with Crippen LogP contribution in [0.3, 0.4) is 0 Å². The van der Waals surface area contributed by atoms with Crippen LogP contribution < -0.4 is 5.32 Å². The summed E-state index contributed by atoms with van der Waals surface area (Å²) in [7, 11) is 0. The Bertz CT molecular complexity index is 666. The molecule has 0 bridgehead atoms. The predicted molar refractivity (Wildman–Crippen MR) is 89.7 cm³/mol. The number of carbonyl (C=O) groups is 1. The van der Waals surface area contributed by atoms with Crippen molar-refractivity contribution in [3.8, 4) is 11.4 Å². The summed E-state index contributed by atoms with van der Waals surface area (Å²) in [4.78, 5) is 16.1. The van der Waals surface area contributed by atoms with E-state index >= 15 is 0 Å². The summed E-state index contributed by atoms with van der Waals surface area (Å²) < 4.78 is 10.7.